The number of halogens is 1. The van der Waals surface area contributed by atoms with Crippen molar-refractivity contribution in [3.05, 3.63) is 58.7 Å². The van der Waals surface area contributed by atoms with E-state index in [4.69, 9.17) is 11.6 Å². The Kier molecular flexibility index (Phi) is 4.35. The Morgan fingerprint density at radius 1 is 1.17 bits per heavy atom. The Morgan fingerprint density at radius 2 is 1.83 bits per heavy atom. The molecule has 0 aliphatic rings. The molecule has 0 radical (unpaired) electrons. The van der Waals surface area contributed by atoms with Crippen molar-refractivity contribution < 1.29 is 15.0 Å². The summed E-state index contributed by atoms with van der Waals surface area (Å²) in [4.78, 5) is 14.2. The minimum Gasteiger partial charge on any atom is -0.478 e. The molecule has 1 heterocycles. The first-order chi connectivity index (χ1) is 11.4. The minimum atomic E-state index is -0.976. The van der Waals surface area contributed by atoms with E-state index in [2.05, 4.69) is 4.98 Å². The summed E-state index contributed by atoms with van der Waals surface area (Å²) in [6.07, 6.45) is 1.05. The van der Waals surface area contributed by atoms with Gasteiger partial charge in [0, 0.05) is 28.6 Å². The summed E-state index contributed by atoms with van der Waals surface area (Å²) in [5.41, 5.74) is 3.64. The summed E-state index contributed by atoms with van der Waals surface area (Å²) in [6.45, 7) is 3.74. The molecular formula is C19H18ClNO3. The van der Waals surface area contributed by atoms with Gasteiger partial charge in [-0.2, -0.15) is 0 Å². The zero-order valence-corrected chi connectivity index (χ0v) is 14.1. The molecule has 2 aromatic carbocycles. The van der Waals surface area contributed by atoms with Crippen LogP contribution in [-0.2, 0) is 0 Å². The molecule has 2 unspecified atom stereocenters. The predicted molar refractivity (Wildman–Crippen MR) is 95.8 cm³/mol. The highest BCUT2D eigenvalue weighted by atomic mass is 35.5. The number of nitrogens with one attached hydrogen (secondary N) is 1. The molecule has 0 aliphatic heterocycles. The lowest BCUT2D eigenvalue weighted by molar-refractivity contribution is 0.0699. The molecule has 3 rings (SSSR count). The van der Waals surface area contributed by atoms with Crippen LogP contribution in [0.2, 0.25) is 5.02 Å². The van der Waals surface area contributed by atoms with Crippen LogP contribution in [0, 0.1) is 0 Å². The Labute approximate surface area is 144 Å². The van der Waals surface area contributed by atoms with Crippen molar-refractivity contribution in [2.45, 2.75) is 25.9 Å². The van der Waals surface area contributed by atoms with Gasteiger partial charge in [0.15, 0.2) is 0 Å². The van der Waals surface area contributed by atoms with Crippen molar-refractivity contribution in [2.75, 3.05) is 0 Å². The molecule has 0 spiro atoms. The normalized spacial score (nSPS) is 13.8. The van der Waals surface area contributed by atoms with Crippen LogP contribution in [0.4, 0.5) is 0 Å². The summed E-state index contributed by atoms with van der Waals surface area (Å²) in [5, 5.41) is 20.2. The van der Waals surface area contributed by atoms with Crippen LogP contribution in [0.3, 0.4) is 0 Å². The van der Waals surface area contributed by atoms with Gasteiger partial charge in [-0.3, -0.25) is 0 Å². The van der Waals surface area contributed by atoms with Gasteiger partial charge < -0.3 is 15.2 Å². The topological polar surface area (TPSA) is 73.3 Å². The average molecular weight is 344 g/mol. The zero-order chi connectivity index (χ0) is 17.4. The Bertz CT molecular complexity index is 897. The molecule has 24 heavy (non-hydrogen) atoms. The SMILES string of the molecule is CC(O)C(C)c1ccc(-c2cc3c(C(=O)O)c[nH]c3cc2Cl)cc1. The highest BCUT2D eigenvalue weighted by Crippen LogP contribution is 2.34. The number of aromatic carboxylic acids is 1. The second kappa shape index (κ2) is 6.30. The van der Waals surface area contributed by atoms with Crippen molar-refractivity contribution >= 4 is 28.5 Å². The van der Waals surface area contributed by atoms with Crippen molar-refractivity contribution in [2.24, 2.45) is 0 Å². The van der Waals surface area contributed by atoms with Gasteiger partial charge in [-0.1, -0.05) is 42.8 Å². The highest BCUT2D eigenvalue weighted by Gasteiger charge is 2.15. The first-order valence-corrected chi connectivity index (χ1v) is 8.08. The first kappa shape index (κ1) is 16.6. The van der Waals surface area contributed by atoms with E-state index in [1.54, 1.807) is 19.1 Å². The molecule has 5 heteroatoms. The van der Waals surface area contributed by atoms with Crippen LogP contribution in [0.25, 0.3) is 22.0 Å². The Morgan fingerprint density at radius 3 is 2.42 bits per heavy atom. The maximum atomic E-state index is 11.3. The van der Waals surface area contributed by atoms with E-state index in [-0.39, 0.29) is 11.5 Å². The van der Waals surface area contributed by atoms with E-state index in [9.17, 15) is 15.0 Å². The van der Waals surface area contributed by atoms with Crippen LogP contribution < -0.4 is 0 Å². The quantitative estimate of drug-likeness (QED) is 0.644. The lowest BCUT2D eigenvalue weighted by atomic mass is 9.94. The molecule has 0 aliphatic carbocycles. The molecule has 3 N–H and O–H groups in total. The number of carbonyl (C=O) groups is 1. The molecule has 0 saturated carbocycles. The number of aromatic amines is 1. The number of aliphatic hydroxyl groups excluding tert-OH is 1. The monoisotopic (exact) mass is 343 g/mol. The summed E-state index contributed by atoms with van der Waals surface area (Å²) in [6, 6.07) is 11.3. The smallest absolute Gasteiger partial charge is 0.337 e. The second-order valence-electron chi connectivity index (χ2n) is 6.04. The highest BCUT2D eigenvalue weighted by molar-refractivity contribution is 6.34. The number of hydrogen-bond acceptors (Lipinski definition) is 2. The third-order valence-corrected chi connectivity index (χ3v) is 4.78. The zero-order valence-electron chi connectivity index (χ0n) is 13.4. The molecule has 124 valence electrons. The van der Waals surface area contributed by atoms with Gasteiger partial charge in [-0.05, 0) is 30.2 Å². The fourth-order valence-electron chi connectivity index (χ4n) is 2.79. The van der Waals surface area contributed by atoms with Crippen LogP contribution >= 0.6 is 11.6 Å². The van der Waals surface area contributed by atoms with Crippen molar-refractivity contribution in [1.29, 1.82) is 0 Å². The van der Waals surface area contributed by atoms with Crippen LogP contribution in [-0.4, -0.2) is 27.3 Å². The number of carboxylic acids is 1. The van der Waals surface area contributed by atoms with Crippen LogP contribution in [0.1, 0.15) is 35.7 Å². The van der Waals surface area contributed by atoms with E-state index >= 15 is 0 Å². The molecule has 2 atom stereocenters. The van der Waals surface area contributed by atoms with Crippen LogP contribution in [0.5, 0.6) is 0 Å². The third-order valence-electron chi connectivity index (χ3n) is 4.47. The van der Waals surface area contributed by atoms with Gasteiger partial charge in [0.1, 0.15) is 0 Å². The van der Waals surface area contributed by atoms with Gasteiger partial charge in [0.2, 0.25) is 0 Å². The second-order valence-corrected chi connectivity index (χ2v) is 6.44. The summed E-state index contributed by atoms with van der Waals surface area (Å²) >= 11 is 6.37. The summed E-state index contributed by atoms with van der Waals surface area (Å²) in [7, 11) is 0. The van der Waals surface area contributed by atoms with E-state index in [0.717, 1.165) is 16.7 Å². The van der Waals surface area contributed by atoms with Gasteiger partial charge >= 0.3 is 5.97 Å². The summed E-state index contributed by atoms with van der Waals surface area (Å²) in [5.74, 6) is -0.934. The maximum Gasteiger partial charge on any atom is 0.337 e. The molecule has 0 amide bonds. The molecular weight excluding hydrogens is 326 g/mol. The summed E-state index contributed by atoms with van der Waals surface area (Å²) < 4.78 is 0. The fraction of sp³-hybridized carbons (Fsp3) is 0.211. The maximum absolute atomic E-state index is 11.3. The average Bonchev–Trinajstić information content (AvgIpc) is 2.96. The van der Waals surface area contributed by atoms with E-state index in [0.29, 0.717) is 15.9 Å². The van der Waals surface area contributed by atoms with Gasteiger partial charge in [-0.25, -0.2) is 4.79 Å². The lowest BCUT2D eigenvalue weighted by Crippen LogP contribution is -2.10. The first-order valence-electron chi connectivity index (χ1n) is 7.71. The largest absolute Gasteiger partial charge is 0.478 e. The van der Waals surface area contributed by atoms with Gasteiger partial charge in [-0.15, -0.1) is 0 Å². The van der Waals surface area contributed by atoms with E-state index in [1.807, 2.05) is 31.2 Å². The van der Waals surface area contributed by atoms with Gasteiger partial charge in [0.05, 0.1) is 16.7 Å². The predicted octanol–water partition coefficient (Wildman–Crippen LogP) is 4.67. The Balaban J connectivity index is 2.07. The number of rotatable bonds is 4. The molecule has 0 fully saturated rings. The minimum absolute atomic E-state index is 0.0419. The number of carboxylic acid groups (broad SMARTS) is 1. The molecule has 1 aromatic heterocycles. The van der Waals surface area contributed by atoms with E-state index < -0.39 is 12.1 Å². The van der Waals surface area contributed by atoms with Crippen molar-refractivity contribution in [1.82, 2.24) is 4.98 Å². The van der Waals surface area contributed by atoms with Crippen molar-refractivity contribution in [3.8, 4) is 11.1 Å². The number of aliphatic hydroxyl groups is 1. The van der Waals surface area contributed by atoms with Crippen molar-refractivity contribution in [3.63, 3.8) is 0 Å². The number of fused-ring (bicyclic) bond motifs is 1. The molecule has 0 saturated heterocycles. The van der Waals surface area contributed by atoms with E-state index in [1.165, 1.54) is 6.20 Å². The van der Waals surface area contributed by atoms with Crippen LogP contribution in [0.15, 0.2) is 42.6 Å². The third kappa shape index (κ3) is 2.90. The van der Waals surface area contributed by atoms with Gasteiger partial charge in [0.25, 0.3) is 0 Å². The lowest BCUT2D eigenvalue weighted by Gasteiger charge is -2.15. The number of benzene rings is 2. The molecule has 3 aromatic rings. The number of hydrogen-bond donors (Lipinski definition) is 3. The number of aromatic nitrogens is 1. The standard InChI is InChI=1S/C19H18ClNO3/c1-10(11(2)22)12-3-5-13(6-4-12)14-7-15-16(19(23)24)9-21-18(15)8-17(14)20/h3-11,21-22H,1-2H3,(H,23,24). The fourth-order valence-corrected chi connectivity index (χ4v) is 3.06. The number of H-pyrrole nitrogens is 1. The molecule has 4 nitrogen and oxygen atoms in total. The Hall–Kier alpha value is -2.30. The molecule has 0 bridgehead atoms.